The van der Waals surface area contributed by atoms with Crippen LogP contribution in [0.25, 0.3) is 55.3 Å². The van der Waals surface area contributed by atoms with E-state index in [2.05, 4.69) is 80.9 Å². The van der Waals surface area contributed by atoms with Crippen LogP contribution < -0.4 is 5.32 Å². The van der Waals surface area contributed by atoms with Crippen molar-refractivity contribution in [1.29, 1.82) is 0 Å². The quantitative estimate of drug-likeness (QED) is 0.285. The number of hydrogen-bond acceptors (Lipinski definition) is 6. The van der Waals surface area contributed by atoms with Gasteiger partial charge in [-0.25, -0.2) is 4.98 Å². The van der Waals surface area contributed by atoms with Gasteiger partial charge in [0.2, 0.25) is 5.89 Å². The zero-order valence-corrected chi connectivity index (χ0v) is 19.1. The smallest absolute Gasteiger partial charge is 0.227 e. The van der Waals surface area contributed by atoms with Crippen LogP contribution in [0.15, 0.2) is 115 Å². The Hall–Kier alpha value is -4.97. The average Bonchev–Trinajstić information content (AvgIpc) is 3.67. The minimum Gasteiger partial charge on any atom is -0.473 e. The highest BCUT2D eigenvalue weighted by atomic mass is 16.5. The van der Waals surface area contributed by atoms with Gasteiger partial charge in [0.1, 0.15) is 12.5 Å². The fourth-order valence-corrected chi connectivity index (χ4v) is 5.01. The van der Waals surface area contributed by atoms with E-state index >= 15 is 0 Å². The van der Waals surface area contributed by atoms with Crippen molar-refractivity contribution in [3.63, 3.8) is 0 Å². The van der Waals surface area contributed by atoms with E-state index in [1.807, 2.05) is 18.6 Å². The number of oxazole rings is 1. The molecule has 0 amide bonds. The van der Waals surface area contributed by atoms with Crippen LogP contribution in [0.1, 0.15) is 11.8 Å². The third-order valence-corrected chi connectivity index (χ3v) is 6.52. The zero-order chi connectivity index (χ0) is 23.9. The highest BCUT2D eigenvalue weighted by Crippen LogP contribution is 2.44. The first-order chi connectivity index (χ1) is 17.9. The van der Waals surface area contributed by atoms with Crippen molar-refractivity contribution in [2.75, 3.05) is 0 Å². The van der Waals surface area contributed by atoms with E-state index in [9.17, 15) is 0 Å². The lowest BCUT2D eigenvalue weighted by Crippen LogP contribution is -2.11. The zero-order valence-electron chi connectivity index (χ0n) is 19.1. The molecule has 1 unspecified atom stereocenters. The van der Waals surface area contributed by atoms with Crippen LogP contribution in [0.5, 0.6) is 0 Å². The fraction of sp³-hybridized carbons (Fsp3) is 0.0333. The minimum absolute atomic E-state index is 0.238. The second kappa shape index (κ2) is 8.36. The number of pyridine rings is 2. The van der Waals surface area contributed by atoms with E-state index in [1.165, 1.54) is 0 Å². The second-order valence-electron chi connectivity index (χ2n) is 8.63. The van der Waals surface area contributed by atoms with Gasteiger partial charge >= 0.3 is 0 Å². The molecule has 1 N–H and O–H groups in total. The summed E-state index contributed by atoms with van der Waals surface area (Å²) in [4.78, 5) is 13.4. The molecule has 0 radical (unpaired) electrons. The summed E-state index contributed by atoms with van der Waals surface area (Å²) in [6.07, 6.45) is 13.9. The van der Waals surface area contributed by atoms with Crippen molar-refractivity contribution < 1.29 is 9.15 Å². The maximum atomic E-state index is 5.67. The minimum atomic E-state index is -0.238. The molecule has 0 saturated carbocycles. The van der Waals surface area contributed by atoms with Gasteiger partial charge < -0.3 is 14.5 Å². The van der Waals surface area contributed by atoms with Gasteiger partial charge in [0.05, 0.1) is 11.8 Å². The standard InChI is InChI=1S/C30H20N4O2/c1-2-6-24-23(5-1)27(19-13-21(17-31-15-19)29-33-9-11-35-29)25-7-3-4-8-26(25)28(24)20-14-22(18-32-16-20)30-34-10-12-36-30/h1-18,29,33H. The summed E-state index contributed by atoms with van der Waals surface area (Å²) in [5.74, 6) is 0.551. The molecular formula is C30H20N4O2. The van der Waals surface area contributed by atoms with Gasteiger partial charge in [-0.05, 0) is 44.8 Å². The van der Waals surface area contributed by atoms with E-state index < -0.39 is 0 Å². The molecule has 1 aliphatic rings. The number of benzene rings is 3. The van der Waals surface area contributed by atoms with E-state index in [-0.39, 0.29) is 6.23 Å². The van der Waals surface area contributed by atoms with Crippen molar-refractivity contribution in [3.8, 4) is 33.7 Å². The van der Waals surface area contributed by atoms with Crippen molar-refractivity contribution in [2.45, 2.75) is 6.23 Å². The molecule has 6 heteroatoms. The molecule has 0 spiro atoms. The third-order valence-electron chi connectivity index (χ3n) is 6.52. The number of ether oxygens (including phenoxy) is 1. The monoisotopic (exact) mass is 468 g/mol. The molecule has 0 saturated heterocycles. The number of hydrogen-bond donors (Lipinski definition) is 1. The van der Waals surface area contributed by atoms with Gasteiger partial charge in [0.25, 0.3) is 0 Å². The Kier molecular flexibility index (Phi) is 4.74. The lowest BCUT2D eigenvalue weighted by atomic mass is 9.86. The molecule has 36 heavy (non-hydrogen) atoms. The maximum Gasteiger partial charge on any atom is 0.227 e. The largest absolute Gasteiger partial charge is 0.473 e. The van der Waals surface area contributed by atoms with Crippen LogP contribution in [-0.2, 0) is 4.74 Å². The summed E-state index contributed by atoms with van der Waals surface area (Å²) in [6, 6.07) is 21.2. The van der Waals surface area contributed by atoms with Crippen LogP contribution in [-0.4, -0.2) is 15.0 Å². The lowest BCUT2D eigenvalue weighted by molar-refractivity contribution is 0.154. The third kappa shape index (κ3) is 3.31. The normalized spacial score (nSPS) is 14.7. The number of aromatic nitrogens is 3. The molecule has 1 aliphatic heterocycles. The first kappa shape index (κ1) is 20.4. The molecular weight excluding hydrogens is 448 g/mol. The SMILES string of the molecule is C1=COC(c2cncc(-c3c4ccccc4c(-c4cncc(-c5ncco5)c4)c4ccccc34)c2)N1. The topological polar surface area (TPSA) is 73.1 Å². The number of rotatable bonds is 4. The fourth-order valence-electron chi connectivity index (χ4n) is 5.01. The molecule has 1 atom stereocenters. The summed E-state index contributed by atoms with van der Waals surface area (Å²) in [5.41, 5.74) is 6.12. The van der Waals surface area contributed by atoms with Gasteiger partial charge in [-0.1, -0.05) is 48.5 Å². The number of nitrogens with one attached hydrogen (secondary N) is 1. The van der Waals surface area contributed by atoms with Crippen LogP contribution >= 0.6 is 0 Å². The number of fused-ring (bicyclic) bond motifs is 2. The average molecular weight is 469 g/mol. The highest BCUT2D eigenvalue weighted by Gasteiger charge is 2.19. The van der Waals surface area contributed by atoms with Gasteiger partial charge in [0.15, 0.2) is 6.23 Å². The summed E-state index contributed by atoms with van der Waals surface area (Å²) >= 11 is 0. The molecule has 6 aromatic rings. The summed E-state index contributed by atoms with van der Waals surface area (Å²) < 4.78 is 11.2. The lowest BCUT2D eigenvalue weighted by Gasteiger charge is -2.18. The molecule has 7 rings (SSSR count). The van der Waals surface area contributed by atoms with Crippen molar-refractivity contribution >= 4 is 21.5 Å². The van der Waals surface area contributed by atoms with Crippen molar-refractivity contribution in [3.05, 3.63) is 116 Å². The predicted molar refractivity (Wildman–Crippen MR) is 140 cm³/mol. The number of nitrogens with zero attached hydrogens (tertiary/aromatic N) is 3. The van der Waals surface area contributed by atoms with E-state index in [1.54, 1.807) is 31.1 Å². The van der Waals surface area contributed by atoms with Gasteiger partial charge in [-0.15, -0.1) is 0 Å². The van der Waals surface area contributed by atoms with E-state index in [4.69, 9.17) is 9.15 Å². The van der Waals surface area contributed by atoms with Gasteiger partial charge in [-0.2, -0.15) is 0 Å². The molecule has 0 aliphatic carbocycles. The van der Waals surface area contributed by atoms with Crippen LogP contribution in [0.3, 0.4) is 0 Å². The maximum absolute atomic E-state index is 5.67. The summed E-state index contributed by atoms with van der Waals surface area (Å²) in [6.45, 7) is 0. The Labute approximate surface area is 206 Å². The predicted octanol–water partition coefficient (Wildman–Crippen LogP) is 6.86. The van der Waals surface area contributed by atoms with Gasteiger partial charge in [0, 0.05) is 47.7 Å². The van der Waals surface area contributed by atoms with Crippen molar-refractivity contribution in [2.24, 2.45) is 0 Å². The molecule has 3 aromatic heterocycles. The van der Waals surface area contributed by atoms with Crippen LogP contribution in [0, 0.1) is 0 Å². The van der Waals surface area contributed by atoms with Crippen LogP contribution in [0.2, 0.25) is 0 Å². The Bertz CT molecular complexity index is 1690. The second-order valence-corrected chi connectivity index (χ2v) is 8.63. The molecule has 172 valence electrons. The Morgan fingerprint density at radius 1 is 0.694 bits per heavy atom. The summed E-state index contributed by atoms with van der Waals surface area (Å²) in [5, 5.41) is 7.78. The molecule has 6 nitrogen and oxygen atoms in total. The first-order valence-electron chi connectivity index (χ1n) is 11.7. The molecule has 3 aromatic carbocycles. The van der Waals surface area contributed by atoms with Crippen LogP contribution in [0.4, 0.5) is 0 Å². The van der Waals surface area contributed by atoms with E-state index in [0.29, 0.717) is 5.89 Å². The summed E-state index contributed by atoms with van der Waals surface area (Å²) in [7, 11) is 0. The van der Waals surface area contributed by atoms with Crippen molar-refractivity contribution in [1.82, 2.24) is 20.3 Å². The highest BCUT2D eigenvalue weighted by molar-refractivity contribution is 6.21. The molecule has 0 fully saturated rings. The van der Waals surface area contributed by atoms with E-state index in [0.717, 1.165) is 54.9 Å². The Morgan fingerprint density at radius 2 is 1.31 bits per heavy atom. The first-order valence-corrected chi connectivity index (χ1v) is 11.7. The van der Waals surface area contributed by atoms with Gasteiger partial charge in [-0.3, -0.25) is 9.97 Å². The molecule has 0 bridgehead atoms. The Balaban J connectivity index is 1.51. The Morgan fingerprint density at radius 3 is 1.89 bits per heavy atom. The molecule has 4 heterocycles.